The Morgan fingerprint density at radius 3 is 2.46 bits per heavy atom. The van der Waals surface area contributed by atoms with E-state index in [0.29, 0.717) is 17.7 Å². The van der Waals surface area contributed by atoms with Gasteiger partial charge in [-0.15, -0.1) is 0 Å². The maximum Gasteiger partial charge on any atom is 0.407 e. The molecule has 3 aromatic rings. The number of aromatic nitrogens is 2. The summed E-state index contributed by atoms with van der Waals surface area (Å²) in [5.74, 6) is -0.640. The van der Waals surface area contributed by atoms with Crippen LogP contribution >= 0.6 is 0 Å². The van der Waals surface area contributed by atoms with E-state index >= 15 is 0 Å². The highest BCUT2D eigenvalue weighted by Crippen LogP contribution is 2.37. The molecule has 2 amide bonds. The average molecular weight is 538 g/mol. The van der Waals surface area contributed by atoms with Gasteiger partial charge in [-0.05, 0) is 89.8 Å². The average Bonchev–Trinajstić information content (AvgIpc) is 3.23. The fourth-order valence-electron chi connectivity index (χ4n) is 5.22. The molecule has 0 aliphatic carbocycles. The molecule has 8 nitrogen and oxygen atoms in total. The van der Waals surface area contributed by atoms with E-state index in [2.05, 4.69) is 27.4 Å². The monoisotopic (exact) mass is 537 g/mol. The molecule has 0 radical (unpaired) electrons. The van der Waals surface area contributed by atoms with Crippen LogP contribution in [0.3, 0.4) is 0 Å². The first-order chi connectivity index (χ1) is 18.4. The SMILES string of the molecule is CCN(C(=O)c1cc(F)ccc1-c1cc(N2CCC(NC(=O)OC(C)(C)C)CC2)cc2c1cnn2C)C(C)C. The van der Waals surface area contributed by atoms with Gasteiger partial charge in [0.1, 0.15) is 11.4 Å². The van der Waals surface area contributed by atoms with Gasteiger partial charge in [0.25, 0.3) is 5.91 Å². The van der Waals surface area contributed by atoms with E-state index in [0.717, 1.165) is 48.1 Å². The molecular formula is C30H40FN5O3. The van der Waals surface area contributed by atoms with Crippen molar-refractivity contribution < 1.29 is 18.7 Å². The van der Waals surface area contributed by atoms with E-state index in [9.17, 15) is 14.0 Å². The molecule has 0 atom stereocenters. The number of carbonyl (C=O) groups is 2. The normalized spacial score (nSPS) is 14.6. The van der Waals surface area contributed by atoms with Gasteiger partial charge in [0.15, 0.2) is 0 Å². The van der Waals surface area contributed by atoms with Crippen molar-refractivity contribution in [2.75, 3.05) is 24.5 Å². The molecule has 0 unspecified atom stereocenters. The van der Waals surface area contributed by atoms with Gasteiger partial charge in [0.2, 0.25) is 0 Å². The molecule has 9 heteroatoms. The molecule has 1 saturated heterocycles. The molecule has 1 N–H and O–H groups in total. The summed E-state index contributed by atoms with van der Waals surface area (Å²) in [7, 11) is 1.89. The maximum absolute atomic E-state index is 14.5. The molecule has 0 spiro atoms. The number of nitrogens with zero attached hydrogens (tertiary/aromatic N) is 4. The smallest absolute Gasteiger partial charge is 0.407 e. The summed E-state index contributed by atoms with van der Waals surface area (Å²) in [5, 5.41) is 8.37. The number of aryl methyl sites for hydroxylation is 1. The molecule has 1 aromatic heterocycles. The van der Waals surface area contributed by atoms with Gasteiger partial charge in [-0.25, -0.2) is 9.18 Å². The second kappa shape index (κ2) is 11.2. The Labute approximate surface area is 230 Å². The Balaban J connectivity index is 1.67. The van der Waals surface area contributed by atoms with Crippen LogP contribution in [0.5, 0.6) is 0 Å². The summed E-state index contributed by atoms with van der Waals surface area (Å²) < 4.78 is 21.7. The van der Waals surface area contributed by atoms with E-state index in [1.54, 1.807) is 17.2 Å². The zero-order valence-corrected chi connectivity index (χ0v) is 24.0. The Kier molecular flexibility index (Phi) is 8.18. The molecule has 2 aromatic carbocycles. The highest BCUT2D eigenvalue weighted by atomic mass is 19.1. The summed E-state index contributed by atoms with van der Waals surface area (Å²) in [5.41, 5.74) is 3.25. The van der Waals surface area contributed by atoms with Crippen LogP contribution in [0.1, 0.15) is 64.7 Å². The van der Waals surface area contributed by atoms with Gasteiger partial charge in [0, 0.05) is 49.8 Å². The van der Waals surface area contributed by atoms with Gasteiger partial charge in [-0.3, -0.25) is 9.48 Å². The fraction of sp³-hybridized carbons (Fsp3) is 0.500. The highest BCUT2D eigenvalue weighted by molar-refractivity contribution is 6.06. The van der Waals surface area contributed by atoms with Crippen LogP contribution in [0.2, 0.25) is 0 Å². The summed E-state index contributed by atoms with van der Waals surface area (Å²) in [6.45, 7) is 13.4. The number of nitrogens with one attached hydrogen (secondary N) is 1. The minimum absolute atomic E-state index is 0.0149. The number of hydrogen-bond donors (Lipinski definition) is 1. The zero-order chi connectivity index (χ0) is 28.5. The predicted molar refractivity (Wildman–Crippen MR) is 153 cm³/mol. The number of hydrogen-bond acceptors (Lipinski definition) is 5. The van der Waals surface area contributed by atoms with E-state index < -0.39 is 17.5 Å². The van der Waals surface area contributed by atoms with Gasteiger partial charge < -0.3 is 19.9 Å². The van der Waals surface area contributed by atoms with Crippen LogP contribution in [0.4, 0.5) is 14.9 Å². The Hall–Kier alpha value is -3.62. The molecule has 1 aliphatic heterocycles. The van der Waals surface area contributed by atoms with Crippen molar-refractivity contribution in [1.82, 2.24) is 20.0 Å². The number of piperidine rings is 1. The van der Waals surface area contributed by atoms with Crippen molar-refractivity contribution in [1.29, 1.82) is 0 Å². The number of amides is 2. The third kappa shape index (κ3) is 6.34. The number of benzene rings is 2. The van der Waals surface area contributed by atoms with Crippen LogP contribution in [0, 0.1) is 5.82 Å². The molecule has 39 heavy (non-hydrogen) atoms. The summed E-state index contributed by atoms with van der Waals surface area (Å²) in [6.07, 6.45) is 2.95. The standard InChI is InChI=1S/C30H40FN5O3/c1-8-36(19(2)3)28(37)25-15-20(31)9-10-23(25)24-16-22(17-27-26(24)18-32-34(27)7)35-13-11-21(12-14-35)33-29(38)39-30(4,5)6/h9-10,15-19,21H,8,11-14H2,1-7H3,(H,33,38). The van der Waals surface area contributed by atoms with Crippen molar-refractivity contribution in [2.45, 2.75) is 72.1 Å². The number of fused-ring (bicyclic) bond motifs is 1. The number of ether oxygens (including phenoxy) is 1. The fourth-order valence-corrected chi connectivity index (χ4v) is 5.22. The molecular weight excluding hydrogens is 497 g/mol. The minimum Gasteiger partial charge on any atom is -0.444 e. The summed E-state index contributed by atoms with van der Waals surface area (Å²) >= 11 is 0. The number of carbonyl (C=O) groups excluding carboxylic acids is 2. The molecule has 0 bridgehead atoms. The Morgan fingerprint density at radius 1 is 1.15 bits per heavy atom. The molecule has 4 rings (SSSR count). The largest absolute Gasteiger partial charge is 0.444 e. The third-order valence-electron chi connectivity index (χ3n) is 7.16. The van der Waals surface area contributed by atoms with E-state index in [1.165, 1.54) is 12.1 Å². The molecule has 1 aliphatic rings. The first kappa shape index (κ1) is 28.4. The van der Waals surface area contributed by atoms with Crippen molar-refractivity contribution >= 4 is 28.6 Å². The lowest BCUT2D eigenvalue weighted by molar-refractivity contribution is 0.0496. The third-order valence-corrected chi connectivity index (χ3v) is 7.16. The molecule has 0 saturated carbocycles. The predicted octanol–water partition coefficient (Wildman–Crippen LogP) is 5.74. The zero-order valence-electron chi connectivity index (χ0n) is 24.0. The Morgan fingerprint density at radius 2 is 1.85 bits per heavy atom. The molecule has 2 heterocycles. The molecule has 210 valence electrons. The number of alkyl carbamates (subject to hydrolysis) is 1. The highest BCUT2D eigenvalue weighted by Gasteiger charge is 2.26. The van der Waals surface area contributed by atoms with Gasteiger partial charge in [-0.1, -0.05) is 6.07 Å². The lowest BCUT2D eigenvalue weighted by Gasteiger charge is -2.34. The lowest BCUT2D eigenvalue weighted by atomic mass is 9.94. The number of rotatable bonds is 6. The van der Waals surface area contributed by atoms with E-state index in [4.69, 9.17) is 4.74 Å². The second-order valence-electron chi connectivity index (χ2n) is 11.5. The van der Waals surface area contributed by atoms with E-state index in [-0.39, 0.29) is 18.0 Å². The summed E-state index contributed by atoms with van der Waals surface area (Å²) in [4.78, 5) is 29.8. The van der Waals surface area contributed by atoms with Crippen LogP contribution in [-0.4, -0.2) is 64.0 Å². The van der Waals surface area contributed by atoms with Crippen LogP contribution in [0.25, 0.3) is 22.0 Å². The van der Waals surface area contributed by atoms with Crippen molar-refractivity contribution in [2.24, 2.45) is 7.05 Å². The van der Waals surface area contributed by atoms with Gasteiger partial charge in [-0.2, -0.15) is 5.10 Å². The quantitative estimate of drug-likeness (QED) is 0.434. The summed E-state index contributed by atoms with van der Waals surface area (Å²) in [6, 6.07) is 8.63. The Bertz CT molecular complexity index is 1350. The van der Waals surface area contributed by atoms with Crippen LogP contribution in [-0.2, 0) is 11.8 Å². The van der Waals surface area contributed by atoms with Gasteiger partial charge in [0.05, 0.1) is 17.3 Å². The second-order valence-corrected chi connectivity index (χ2v) is 11.5. The maximum atomic E-state index is 14.5. The van der Waals surface area contributed by atoms with Gasteiger partial charge >= 0.3 is 6.09 Å². The first-order valence-electron chi connectivity index (χ1n) is 13.7. The van der Waals surface area contributed by atoms with Crippen molar-refractivity contribution in [3.05, 3.63) is 47.9 Å². The van der Waals surface area contributed by atoms with Crippen LogP contribution < -0.4 is 10.2 Å². The first-order valence-corrected chi connectivity index (χ1v) is 13.7. The number of anilines is 1. The molecule has 1 fully saturated rings. The van der Waals surface area contributed by atoms with Crippen molar-refractivity contribution in [3.8, 4) is 11.1 Å². The minimum atomic E-state index is -0.538. The van der Waals surface area contributed by atoms with Crippen molar-refractivity contribution in [3.63, 3.8) is 0 Å². The van der Waals surface area contributed by atoms with E-state index in [1.807, 2.05) is 53.3 Å². The number of halogens is 1. The van der Waals surface area contributed by atoms with Crippen LogP contribution in [0.15, 0.2) is 36.5 Å². The topological polar surface area (TPSA) is 79.7 Å². The lowest BCUT2D eigenvalue weighted by Crippen LogP contribution is -2.46.